The summed E-state index contributed by atoms with van der Waals surface area (Å²) in [6.07, 6.45) is 4.43. The zero-order valence-electron chi connectivity index (χ0n) is 10.3. The molecular weight excluding hydrogens is 200 g/mol. The lowest BCUT2D eigenvalue weighted by atomic mass is 10.0. The first-order chi connectivity index (χ1) is 7.75. The Morgan fingerprint density at radius 3 is 3.06 bits per heavy atom. The fraction of sp³-hybridized carbons (Fsp3) is 0.692. The van der Waals surface area contributed by atoms with Gasteiger partial charge in [-0.2, -0.15) is 0 Å². The molecule has 1 unspecified atom stereocenters. The van der Waals surface area contributed by atoms with Crippen LogP contribution in [0.5, 0.6) is 0 Å². The molecule has 1 atom stereocenters. The summed E-state index contributed by atoms with van der Waals surface area (Å²) in [4.78, 5) is 2.39. The Kier molecular flexibility index (Phi) is 4.02. The molecule has 0 amide bonds. The highest BCUT2D eigenvalue weighted by Gasteiger charge is 2.15. The first kappa shape index (κ1) is 11.7. The van der Waals surface area contributed by atoms with Crippen LogP contribution in [0.25, 0.3) is 0 Å². The Bertz CT molecular complexity index is 315. The Morgan fingerprint density at radius 2 is 2.44 bits per heavy atom. The highest BCUT2D eigenvalue weighted by molar-refractivity contribution is 5.14. The Balaban J connectivity index is 1.71. The smallest absolute Gasteiger partial charge is 0.105 e. The Hall–Kier alpha value is -0.800. The van der Waals surface area contributed by atoms with Crippen molar-refractivity contribution in [2.24, 2.45) is 5.92 Å². The molecule has 1 aromatic heterocycles. The van der Waals surface area contributed by atoms with Crippen LogP contribution in [-0.4, -0.2) is 31.6 Å². The van der Waals surface area contributed by atoms with Crippen LogP contribution in [0.15, 0.2) is 16.7 Å². The molecule has 0 saturated carbocycles. The molecule has 1 N–H and O–H groups in total. The molecule has 2 heterocycles. The van der Waals surface area contributed by atoms with Crippen LogP contribution in [-0.2, 0) is 6.54 Å². The summed E-state index contributed by atoms with van der Waals surface area (Å²) in [7, 11) is 2.19. The molecule has 0 aromatic carbocycles. The van der Waals surface area contributed by atoms with Crippen molar-refractivity contribution >= 4 is 0 Å². The van der Waals surface area contributed by atoms with Crippen molar-refractivity contribution in [3.05, 3.63) is 23.7 Å². The van der Waals surface area contributed by atoms with Crippen molar-refractivity contribution < 1.29 is 4.42 Å². The second-order valence-corrected chi connectivity index (χ2v) is 4.89. The van der Waals surface area contributed by atoms with Crippen molar-refractivity contribution in [3.63, 3.8) is 0 Å². The molecule has 90 valence electrons. The number of hydrogen-bond donors (Lipinski definition) is 1. The fourth-order valence-electron chi connectivity index (χ4n) is 2.31. The van der Waals surface area contributed by atoms with Crippen LogP contribution in [0.1, 0.15) is 24.2 Å². The van der Waals surface area contributed by atoms with Gasteiger partial charge >= 0.3 is 0 Å². The molecule has 3 nitrogen and oxygen atoms in total. The van der Waals surface area contributed by atoms with Gasteiger partial charge in [-0.05, 0) is 58.4 Å². The third-order valence-corrected chi connectivity index (χ3v) is 3.49. The van der Waals surface area contributed by atoms with Gasteiger partial charge in [-0.15, -0.1) is 0 Å². The molecule has 0 spiro atoms. The van der Waals surface area contributed by atoms with Crippen LogP contribution in [0, 0.1) is 12.8 Å². The molecule has 0 bridgehead atoms. The van der Waals surface area contributed by atoms with E-state index in [4.69, 9.17) is 4.42 Å². The van der Waals surface area contributed by atoms with E-state index in [-0.39, 0.29) is 0 Å². The van der Waals surface area contributed by atoms with E-state index in [9.17, 15) is 0 Å². The molecule has 3 heteroatoms. The summed E-state index contributed by atoms with van der Waals surface area (Å²) >= 11 is 0. The summed E-state index contributed by atoms with van der Waals surface area (Å²) in [5.74, 6) is 1.93. The van der Waals surface area contributed by atoms with E-state index >= 15 is 0 Å². The van der Waals surface area contributed by atoms with E-state index in [1.807, 2.05) is 6.92 Å². The summed E-state index contributed by atoms with van der Waals surface area (Å²) in [6.45, 7) is 6.62. The largest absolute Gasteiger partial charge is 0.469 e. The van der Waals surface area contributed by atoms with Gasteiger partial charge in [-0.1, -0.05) is 0 Å². The van der Waals surface area contributed by atoms with Gasteiger partial charge in [0.05, 0.1) is 6.26 Å². The Morgan fingerprint density at radius 1 is 1.56 bits per heavy atom. The first-order valence-corrected chi connectivity index (χ1v) is 6.18. The molecule has 1 aromatic rings. The van der Waals surface area contributed by atoms with Gasteiger partial charge in [0.15, 0.2) is 0 Å². The van der Waals surface area contributed by atoms with E-state index in [0.29, 0.717) is 0 Å². The lowest BCUT2D eigenvalue weighted by Gasteiger charge is -2.18. The molecule has 1 aliphatic heterocycles. The average Bonchev–Trinajstić information content (AvgIpc) is 2.88. The van der Waals surface area contributed by atoms with Crippen LogP contribution < -0.4 is 5.32 Å². The maximum Gasteiger partial charge on any atom is 0.105 e. The van der Waals surface area contributed by atoms with Crippen molar-refractivity contribution in [1.82, 2.24) is 10.2 Å². The van der Waals surface area contributed by atoms with Crippen LogP contribution in [0.2, 0.25) is 0 Å². The highest BCUT2D eigenvalue weighted by atomic mass is 16.3. The number of nitrogens with zero attached hydrogens (tertiary/aromatic N) is 1. The summed E-state index contributed by atoms with van der Waals surface area (Å²) in [5, 5.41) is 3.42. The number of furan rings is 1. The minimum atomic E-state index is 0.882. The topological polar surface area (TPSA) is 28.4 Å². The van der Waals surface area contributed by atoms with Gasteiger partial charge in [0.25, 0.3) is 0 Å². The average molecular weight is 222 g/mol. The summed E-state index contributed by atoms with van der Waals surface area (Å²) in [5.41, 5.74) is 1.31. The molecule has 0 aliphatic carbocycles. The highest BCUT2D eigenvalue weighted by Crippen LogP contribution is 2.15. The van der Waals surface area contributed by atoms with Crippen LogP contribution in [0.4, 0.5) is 0 Å². The second-order valence-electron chi connectivity index (χ2n) is 4.89. The maximum absolute atomic E-state index is 5.31. The molecule has 2 rings (SSSR count). The van der Waals surface area contributed by atoms with E-state index < -0.39 is 0 Å². The molecule has 1 saturated heterocycles. The number of rotatable bonds is 5. The molecule has 1 aliphatic rings. The zero-order valence-corrected chi connectivity index (χ0v) is 10.3. The standard InChI is InChI=1S/C13H22N2O/c1-11-13(5-8-16-11)10-15(2)7-4-12-3-6-14-9-12/h5,8,12,14H,3-4,6-7,9-10H2,1-2H3. The molecular formula is C13H22N2O. The lowest BCUT2D eigenvalue weighted by molar-refractivity contribution is 0.296. The quantitative estimate of drug-likeness (QED) is 0.826. The summed E-state index contributed by atoms with van der Waals surface area (Å²) < 4.78 is 5.31. The van der Waals surface area contributed by atoms with E-state index in [1.54, 1.807) is 6.26 Å². The van der Waals surface area contributed by atoms with Gasteiger partial charge in [0.2, 0.25) is 0 Å². The van der Waals surface area contributed by atoms with Crippen molar-refractivity contribution in [1.29, 1.82) is 0 Å². The minimum Gasteiger partial charge on any atom is -0.469 e. The van der Waals surface area contributed by atoms with Crippen molar-refractivity contribution in [3.8, 4) is 0 Å². The molecule has 16 heavy (non-hydrogen) atoms. The SMILES string of the molecule is Cc1occc1CN(C)CCC1CCNC1. The van der Waals surface area contributed by atoms with E-state index in [0.717, 1.165) is 18.2 Å². The lowest BCUT2D eigenvalue weighted by Crippen LogP contribution is -2.22. The predicted molar refractivity (Wildman–Crippen MR) is 65.4 cm³/mol. The number of aryl methyl sites for hydroxylation is 1. The number of nitrogens with one attached hydrogen (secondary N) is 1. The fourth-order valence-corrected chi connectivity index (χ4v) is 2.31. The van der Waals surface area contributed by atoms with Gasteiger partial charge in [0.1, 0.15) is 5.76 Å². The van der Waals surface area contributed by atoms with Gasteiger partial charge in [-0.25, -0.2) is 0 Å². The monoisotopic (exact) mass is 222 g/mol. The third kappa shape index (κ3) is 3.09. The van der Waals surface area contributed by atoms with Gasteiger partial charge in [-0.3, -0.25) is 0 Å². The first-order valence-electron chi connectivity index (χ1n) is 6.18. The second kappa shape index (κ2) is 5.51. The maximum atomic E-state index is 5.31. The normalized spacial score (nSPS) is 20.8. The third-order valence-electron chi connectivity index (χ3n) is 3.49. The van der Waals surface area contributed by atoms with E-state index in [2.05, 4.69) is 23.3 Å². The zero-order chi connectivity index (χ0) is 11.4. The molecule has 1 fully saturated rings. The number of hydrogen-bond acceptors (Lipinski definition) is 3. The van der Waals surface area contributed by atoms with Crippen molar-refractivity contribution in [2.45, 2.75) is 26.3 Å². The van der Waals surface area contributed by atoms with Crippen LogP contribution >= 0.6 is 0 Å². The van der Waals surface area contributed by atoms with E-state index in [1.165, 1.54) is 38.0 Å². The minimum absolute atomic E-state index is 0.882. The van der Waals surface area contributed by atoms with Gasteiger partial charge in [0, 0.05) is 12.1 Å². The van der Waals surface area contributed by atoms with Crippen molar-refractivity contribution in [2.75, 3.05) is 26.7 Å². The predicted octanol–water partition coefficient (Wildman–Crippen LogP) is 2.02. The molecule has 0 radical (unpaired) electrons. The van der Waals surface area contributed by atoms with Gasteiger partial charge < -0.3 is 14.6 Å². The Labute approximate surface area is 97.8 Å². The van der Waals surface area contributed by atoms with Crippen LogP contribution in [0.3, 0.4) is 0 Å². The summed E-state index contributed by atoms with van der Waals surface area (Å²) in [6, 6.07) is 2.07.